The number of carbonyl (C=O) groups is 2. The van der Waals surface area contributed by atoms with Crippen molar-refractivity contribution in [1.82, 2.24) is 14.8 Å². The van der Waals surface area contributed by atoms with Crippen molar-refractivity contribution in [2.45, 2.75) is 38.8 Å². The van der Waals surface area contributed by atoms with Gasteiger partial charge in [0, 0.05) is 38.4 Å². The Kier molecular flexibility index (Phi) is 4.92. The molecule has 2 aliphatic heterocycles. The Balaban J connectivity index is 1.43. The van der Waals surface area contributed by atoms with Gasteiger partial charge in [0.1, 0.15) is 0 Å². The third kappa shape index (κ3) is 3.72. The van der Waals surface area contributed by atoms with Crippen LogP contribution < -0.4 is 0 Å². The SMILES string of the molecule is Cc1ccc(CN2CC(C(=O)N3CCCC3c3ccncc3)CC2=O)cc1. The molecule has 0 bridgehead atoms. The molecule has 0 radical (unpaired) electrons. The summed E-state index contributed by atoms with van der Waals surface area (Å²) < 4.78 is 0. The molecule has 1 aromatic heterocycles. The summed E-state index contributed by atoms with van der Waals surface area (Å²) in [6, 6.07) is 12.3. The number of aryl methyl sites for hydroxylation is 1. The Morgan fingerprint density at radius 1 is 1.15 bits per heavy atom. The topological polar surface area (TPSA) is 53.5 Å². The number of pyridine rings is 1. The lowest BCUT2D eigenvalue weighted by atomic mass is 10.0. The van der Waals surface area contributed by atoms with E-state index < -0.39 is 0 Å². The maximum absolute atomic E-state index is 13.2. The van der Waals surface area contributed by atoms with Crippen LogP contribution in [0, 0.1) is 12.8 Å². The van der Waals surface area contributed by atoms with E-state index in [9.17, 15) is 9.59 Å². The van der Waals surface area contributed by atoms with Crippen LogP contribution in [0.1, 0.15) is 42.0 Å². The molecule has 2 saturated heterocycles. The van der Waals surface area contributed by atoms with Crippen molar-refractivity contribution in [1.29, 1.82) is 0 Å². The zero-order valence-electron chi connectivity index (χ0n) is 15.7. The molecule has 0 spiro atoms. The van der Waals surface area contributed by atoms with Crippen LogP contribution in [-0.4, -0.2) is 39.7 Å². The van der Waals surface area contributed by atoms with E-state index in [4.69, 9.17) is 0 Å². The summed E-state index contributed by atoms with van der Waals surface area (Å²) in [6.07, 6.45) is 5.86. The van der Waals surface area contributed by atoms with Crippen LogP contribution in [0.25, 0.3) is 0 Å². The summed E-state index contributed by atoms with van der Waals surface area (Å²) in [4.78, 5) is 33.5. The summed E-state index contributed by atoms with van der Waals surface area (Å²) in [5, 5.41) is 0. The van der Waals surface area contributed by atoms with Crippen LogP contribution in [0.5, 0.6) is 0 Å². The van der Waals surface area contributed by atoms with Crippen molar-refractivity contribution < 1.29 is 9.59 Å². The first kappa shape index (κ1) is 17.7. The van der Waals surface area contributed by atoms with Crippen molar-refractivity contribution in [3.63, 3.8) is 0 Å². The molecule has 2 aromatic rings. The van der Waals surface area contributed by atoms with Crippen molar-refractivity contribution in [3.8, 4) is 0 Å². The highest BCUT2D eigenvalue weighted by Crippen LogP contribution is 2.34. The van der Waals surface area contributed by atoms with Gasteiger partial charge in [-0.05, 0) is 43.0 Å². The van der Waals surface area contributed by atoms with Crippen LogP contribution in [0.15, 0.2) is 48.8 Å². The van der Waals surface area contributed by atoms with Crippen LogP contribution in [0.2, 0.25) is 0 Å². The lowest BCUT2D eigenvalue weighted by molar-refractivity contribution is -0.136. The number of nitrogens with zero attached hydrogens (tertiary/aromatic N) is 3. The van der Waals surface area contributed by atoms with Gasteiger partial charge >= 0.3 is 0 Å². The second-order valence-corrected chi connectivity index (χ2v) is 7.63. The smallest absolute Gasteiger partial charge is 0.228 e. The zero-order chi connectivity index (χ0) is 18.8. The molecule has 5 nitrogen and oxygen atoms in total. The lowest BCUT2D eigenvalue weighted by Crippen LogP contribution is -2.37. The van der Waals surface area contributed by atoms with E-state index in [1.165, 1.54) is 5.56 Å². The van der Waals surface area contributed by atoms with Crippen molar-refractivity contribution >= 4 is 11.8 Å². The average Bonchev–Trinajstić information content (AvgIpc) is 3.31. The predicted octanol–water partition coefficient (Wildman–Crippen LogP) is 3.10. The number of carbonyl (C=O) groups excluding carboxylic acids is 2. The van der Waals surface area contributed by atoms with E-state index in [1.807, 2.05) is 21.9 Å². The van der Waals surface area contributed by atoms with Gasteiger partial charge in [0.25, 0.3) is 0 Å². The van der Waals surface area contributed by atoms with E-state index in [0.29, 0.717) is 19.5 Å². The summed E-state index contributed by atoms with van der Waals surface area (Å²) in [7, 11) is 0. The molecule has 2 amide bonds. The molecule has 140 valence electrons. The fraction of sp³-hybridized carbons (Fsp3) is 0.409. The largest absolute Gasteiger partial charge is 0.338 e. The molecule has 2 atom stereocenters. The summed E-state index contributed by atoms with van der Waals surface area (Å²) >= 11 is 0. The van der Waals surface area contributed by atoms with Gasteiger partial charge in [0.15, 0.2) is 0 Å². The second kappa shape index (κ2) is 7.51. The number of rotatable bonds is 4. The fourth-order valence-corrected chi connectivity index (χ4v) is 4.20. The predicted molar refractivity (Wildman–Crippen MR) is 103 cm³/mol. The highest BCUT2D eigenvalue weighted by molar-refractivity contribution is 5.89. The monoisotopic (exact) mass is 363 g/mol. The highest BCUT2D eigenvalue weighted by atomic mass is 16.2. The van der Waals surface area contributed by atoms with Crippen LogP contribution in [0.3, 0.4) is 0 Å². The van der Waals surface area contributed by atoms with Gasteiger partial charge in [-0.15, -0.1) is 0 Å². The Bertz CT molecular complexity index is 819. The van der Waals surface area contributed by atoms with Gasteiger partial charge in [-0.2, -0.15) is 0 Å². The van der Waals surface area contributed by atoms with Gasteiger partial charge in [0.05, 0.1) is 12.0 Å². The summed E-state index contributed by atoms with van der Waals surface area (Å²) in [5.41, 5.74) is 3.45. The van der Waals surface area contributed by atoms with E-state index in [1.54, 1.807) is 12.4 Å². The third-order valence-electron chi connectivity index (χ3n) is 5.68. The summed E-state index contributed by atoms with van der Waals surface area (Å²) in [6.45, 7) is 3.92. The third-order valence-corrected chi connectivity index (χ3v) is 5.68. The van der Waals surface area contributed by atoms with Crippen molar-refractivity contribution in [3.05, 3.63) is 65.5 Å². The average molecular weight is 363 g/mol. The maximum atomic E-state index is 13.2. The standard InChI is InChI=1S/C22H25N3O2/c1-16-4-6-17(7-5-16)14-24-15-19(13-21(24)26)22(27)25-12-2-3-20(25)18-8-10-23-11-9-18/h4-11,19-20H,2-3,12-15H2,1H3. The van der Waals surface area contributed by atoms with Crippen LogP contribution in [0.4, 0.5) is 0 Å². The van der Waals surface area contributed by atoms with E-state index in [-0.39, 0.29) is 23.8 Å². The molecule has 3 heterocycles. The Hall–Kier alpha value is -2.69. The Labute approximate surface area is 160 Å². The minimum Gasteiger partial charge on any atom is -0.338 e. The molecular weight excluding hydrogens is 338 g/mol. The number of aromatic nitrogens is 1. The quantitative estimate of drug-likeness (QED) is 0.839. The molecule has 0 aliphatic carbocycles. The number of amides is 2. The Morgan fingerprint density at radius 3 is 2.63 bits per heavy atom. The molecule has 2 fully saturated rings. The van der Waals surface area contributed by atoms with E-state index in [0.717, 1.165) is 30.5 Å². The maximum Gasteiger partial charge on any atom is 0.228 e. The normalized spacial score (nSPS) is 22.5. The lowest BCUT2D eigenvalue weighted by Gasteiger charge is -2.27. The highest BCUT2D eigenvalue weighted by Gasteiger charge is 2.40. The van der Waals surface area contributed by atoms with E-state index in [2.05, 4.69) is 36.2 Å². The van der Waals surface area contributed by atoms with Gasteiger partial charge in [-0.3, -0.25) is 14.6 Å². The molecule has 1 aromatic carbocycles. The molecule has 2 aliphatic rings. The molecule has 4 rings (SSSR count). The van der Waals surface area contributed by atoms with Crippen molar-refractivity contribution in [2.24, 2.45) is 5.92 Å². The second-order valence-electron chi connectivity index (χ2n) is 7.63. The van der Waals surface area contributed by atoms with Crippen molar-refractivity contribution in [2.75, 3.05) is 13.1 Å². The van der Waals surface area contributed by atoms with Gasteiger partial charge in [0.2, 0.25) is 11.8 Å². The number of hydrogen-bond acceptors (Lipinski definition) is 3. The minimum atomic E-state index is -0.231. The molecule has 27 heavy (non-hydrogen) atoms. The number of benzene rings is 1. The van der Waals surface area contributed by atoms with E-state index >= 15 is 0 Å². The number of hydrogen-bond donors (Lipinski definition) is 0. The molecule has 5 heteroatoms. The minimum absolute atomic E-state index is 0.0774. The van der Waals surface area contributed by atoms with Crippen LogP contribution >= 0.6 is 0 Å². The first-order chi connectivity index (χ1) is 13.1. The molecule has 2 unspecified atom stereocenters. The first-order valence-corrected chi connectivity index (χ1v) is 9.65. The molecule has 0 N–H and O–H groups in total. The Morgan fingerprint density at radius 2 is 1.89 bits per heavy atom. The zero-order valence-corrected chi connectivity index (χ0v) is 15.7. The fourth-order valence-electron chi connectivity index (χ4n) is 4.20. The molecule has 0 saturated carbocycles. The van der Waals surface area contributed by atoms with Gasteiger partial charge in [-0.25, -0.2) is 0 Å². The van der Waals surface area contributed by atoms with Gasteiger partial charge < -0.3 is 9.80 Å². The number of likely N-dealkylation sites (tertiary alicyclic amines) is 2. The van der Waals surface area contributed by atoms with Gasteiger partial charge in [-0.1, -0.05) is 29.8 Å². The summed E-state index contributed by atoms with van der Waals surface area (Å²) in [5.74, 6) is -0.0342. The molecular formula is C22H25N3O2. The first-order valence-electron chi connectivity index (χ1n) is 9.65. The van der Waals surface area contributed by atoms with Crippen LogP contribution in [-0.2, 0) is 16.1 Å².